The number of esters is 2. The molecule has 80 valence electrons. The first-order chi connectivity index (χ1) is 6.88. The van der Waals surface area contributed by atoms with E-state index in [1.54, 1.807) is 0 Å². The molecule has 0 aliphatic carbocycles. The minimum Gasteiger partial charge on any atom is -0.478 e. The Morgan fingerprint density at radius 2 is 1.87 bits per heavy atom. The predicted octanol–water partition coefficient (Wildman–Crippen LogP) is 0.829. The second kappa shape index (κ2) is 5.54. The fourth-order valence-electron chi connectivity index (χ4n) is 0.581. The van der Waals surface area contributed by atoms with E-state index in [0.717, 1.165) is 12.2 Å². The minimum atomic E-state index is -1.18. The van der Waals surface area contributed by atoms with Crippen molar-refractivity contribution in [2.75, 3.05) is 0 Å². The lowest BCUT2D eigenvalue weighted by Gasteiger charge is -1.99. The Hall–Kier alpha value is -2.17. The molecular weight excluding hydrogens is 200 g/mol. The van der Waals surface area contributed by atoms with Crippen LogP contribution in [0.15, 0.2) is 36.5 Å². The second-order valence-corrected chi connectivity index (χ2v) is 2.57. The van der Waals surface area contributed by atoms with Gasteiger partial charge in [0.2, 0.25) is 0 Å². The first-order valence-corrected chi connectivity index (χ1v) is 3.87. The third-order valence-corrected chi connectivity index (χ3v) is 1.35. The highest BCUT2D eigenvalue weighted by Crippen LogP contribution is 2.03. The third-order valence-electron chi connectivity index (χ3n) is 1.35. The molecule has 0 aromatic heterocycles. The van der Waals surface area contributed by atoms with Gasteiger partial charge in [-0.05, 0) is 13.0 Å². The summed E-state index contributed by atoms with van der Waals surface area (Å²) in [5.74, 6) is -3.10. The fourth-order valence-corrected chi connectivity index (χ4v) is 0.581. The number of aliphatic carboxylic acids is 1. The molecule has 15 heavy (non-hydrogen) atoms. The van der Waals surface area contributed by atoms with Crippen LogP contribution in [0.25, 0.3) is 0 Å². The Morgan fingerprint density at radius 3 is 2.27 bits per heavy atom. The lowest BCUT2D eigenvalue weighted by atomic mass is 10.2. The highest BCUT2D eigenvalue weighted by molar-refractivity contribution is 6.01. The zero-order valence-electron chi connectivity index (χ0n) is 8.15. The van der Waals surface area contributed by atoms with Crippen molar-refractivity contribution < 1.29 is 24.2 Å². The van der Waals surface area contributed by atoms with Gasteiger partial charge in [0.25, 0.3) is 0 Å². The molecule has 0 aromatic rings. The lowest BCUT2D eigenvalue weighted by Crippen LogP contribution is -2.11. The van der Waals surface area contributed by atoms with E-state index in [0.29, 0.717) is 0 Å². The summed E-state index contributed by atoms with van der Waals surface area (Å²) in [5, 5.41) is 8.50. The van der Waals surface area contributed by atoms with Crippen LogP contribution in [-0.4, -0.2) is 23.0 Å². The number of carboxylic acid groups (broad SMARTS) is 1. The molecule has 0 heterocycles. The summed E-state index contributed by atoms with van der Waals surface area (Å²) in [6, 6.07) is 0. The van der Waals surface area contributed by atoms with Crippen molar-refractivity contribution in [3.8, 4) is 0 Å². The summed E-state index contributed by atoms with van der Waals surface area (Å²) in [6.07, 6.45) is 1.83. The second-order valence-electron chi connectivity index (χ2n) is 2.57. The zero-order valence-corrected chi connectivity index (χ0v) is 8.15. The van der Waals surface area contributed by atoms with Crippen molar-refractivity contribution in [1.82, 2.24) is 0 Å². The number of ether oxygens (including phenoxy) is 1. The van der Waals surface area contributed by atoms with Crippen molar-refractivity contribution in [3.63, 3.8) is 0 Å². The molecule has 0 unspecified atom stereocenters. The van der Waals surface area contributed by atoms with Gasteiger partial charge >= 0.3 is 17.9 Å². The summed E-state index contributed by atoms with van der Waals surface area (Å²) in [7, 11) is 0. The fraction of sp³-hybridized carbons (Fsp3) is 0.100. The normalized spacial score (nSPS) is 10.3. The van der Waals surface area contributed by atoms with Gasteiger partial charge < -0.3 is 9.84 Å². The van der Waals surface area contributed by atoms with Crippen molar-refractivity contribution in [1.29, 1.82) is 0 Å². The zero-order chi connectivity index (χ0) is 12.0. The van der Waals surface area contributed by atoms with Crippen LogP contribution in [0.2, 0.25) is 0 Å². The van der Waals surface area contributed by atoms with Crippen LogP contribution < -0.4 is 0 Å². The molecule has 0 aromatic carbocycles. The Labute approximate surface area is 86.3 Å². The van der Waals surface area contributed by atoms with Crippen LogP contribution >= 0.6 is 0 Å². The Bertz CT molecular complexity index is 362. The van der Waals surface area contributed by atoms with Gasteiger partial charge in [-0.1, -0.05) is 13.2 Å². The Kier molecular flexibility index (Phi) is 4.74. The topological polar surface area (TPSA) is 80.7 Å². The van der Waals surface area contributed by atoms with E-state index in [1.165, 1.54) is 6.92 Å². The first-order valence-electron chi connectivity index (χ1n) is 3.87. The molecule has 1 N–H and O–H groups in total. The number of hydrogen-bond acceptors (Lipinski definition) is 4. The highest BCUT2D eigenvalue weighted by atomic mass is 16.6. The molecule has 0 aliphatic heterocycles. The monoisotopic (exact) mass is 210 g/mol. The molecule has 0 saturated heterocycles. The van der Waals surface area contributed by atoms with E-state index in [9.17, 15) is 14.4 Å². The average Bonchev–Trinajstić information content (AvgIpc) is 2.16. The standard InChI is InChI=1S/C10H10O5/c1-4-8(11)15-10(14)7(3)5-6(2)9(12)13/h4-5H,1,3H2,2H3,(H,12,13). The van der Waals surface area contributed by atoms with Crippen LogP contribution in [-0.2, 0) is 19.1 Å². The van der Waals surface area contributed by atoms with Crippen LogP contribution in [0, 0.1) is 0 Å². The van der Waals surface area contributed by atoms with Crippen molar-refractivity contribution >= 4 is 17.9 Å². The molecule has 0 amide bonds. The van der Waals surface area contributed by atoms with Gasteiger partial charge in [-0.25, -0.2) is 14.4 Å². The van der Waals surface area contributed by atoms with Crippen molar-refractivity contribution in [2.24, 2.45) is 0 Å². The van der Waals surface area contributed by atoms with Gasteiger partial charge in [0.05, 0.1) is 5.57 Å². The Balaban J connectivity index is 4.54. The SMILES string of the molecule is C=CC(=O)OC(=O)C(=C)C=C(C)C(=O)O. The van der Waals surface area contributed by atoms with Gasteiger partial charge in [0, 0.05) is 11.6 Å². The third kappa shape index (κ3) is 4.56. The smallest absolute Gasteiger partial charge is 0.345 e. The number of carbonyl (C=O) groups is 3. The predicted molar refractivity (Wildman–Crippen MR) is 51.8 cm³/mol. The average molecular weight is 210 g/mol. The first kappa shape index (κ1) is 12.8. The molecule has 5 heteroatoms. The minimum absolute atomic E-state index is 0.0806. The summed E-state index contributed by atoms with van der Waals surface area (Å²) < 4.78 is 4.21. The molecule has 0 fully saturated rings. The van der Waals surface area contributed by atoms with E-state index in [4.69, 9.17) is 5.11 Å². The summed E-state index contributed by atoms with van der Waals surface area (Å²) in [6.45, 7) is 7.65. The van der Waals surface area contributed by atoms with E-state index in [1.807, 2.05) is 0 Å². The van der Waals surface area contributed by atoms with E-state index in [2.05, 4.69) is 17.9 Å². The molecule has 5 nitrogen and oxygen atoms in total. The molecule has 0 atom stereocenters. The molecular formula is C10H10O5. The summed E-state index contributed by atoms with van der Waals surface area (Å²) >= 11 is 0. The molecule has 0 aliphatic rings. The van der Waals surface area contributed by atoms with Crippen molar-refractivity contribution in [3.05, 3.63) is 36.5 Å². The maximum absolute atomic E-state index is 11.0. The summed E-state index contributed by atoms with van der Waals surface area (Å²) in [4.78, 5) is 32.0. The van der Waals surface area contributed by atoms with Crippen molar-refractivity contribution in [2.45, 2.75) is 6.92 Å². The van der Waals surface area contributed by atoms with Crippen LogP contribution in [0.1, 0.15) is 6.92 Å². The highest BCUT2D eigenvalue weighted by Gasteiger charge is 2.11. The summed E-state index contributed by atoms with van der Waals surface area (Å²) in [5.41, 5.74) is -0.298. The molecule has 0 rings (SSSR count). The van der Waals surface area contributed by atoms with Gasteiger partial charge in [-0.2, -0.15) is 0 Å². The number of carbonyl (C=O) groups excluding carboxylic acids is 2. The number of carboxylic acids is 1. The van der Waals surface area contributed by atoms with Gasteiger partial charge in [-0.3, -0.25) is 0 Å². The number of rotatable bonds is 4. The van der Waals surface area contributed by atoms with Gasteiger partial charge in [-0.15, -0.1) is 0 Å². The molecule has 0 saturated carbocycles. The quantitative estimate of drug-likeness (QED) is 0.321. The van der Waals surface area contributed by atoms with E-state index < -0.39 is 17.9 Å². The largest absolute Gasteiger partial charge is 0.478 e. The molecule has 0 bridgehead atoms. The van der Waals surface area contributed by atoms with Crippen LogP contribution in [0.5, 0.6) is 0 Å². The van der Waals surface area contributed by atoms with Crippen LogP contribution in [0.4, 0.5) is 0 Å². The number of hydrogen-bond donors (Lipinski definition) is 1. The molecule has 0 spiro atoms. The van der Waals surface area contributed by atoms with Gasteiger partial charge in [0.1, 0.15) is 0 Å². The van der Waals surface area contributed by atoms with Gasteiger partial charge in [0.15, 0.2) is 0 Å². The maximum atomic E-state index is 11.0. The van der Waals surface area contributed by atoms with E-state index >= 15 is 0 Å². The lowest BCUT2D eigenvalue weighted by molar-refractivity contribution is -0.153. The maximum Gasteiger partial charge on any atom is 0.345 e. The molecule has 0 radical (unpaired) electrons. The Morgan fingerprint density at radius 1 is 1.33 bits per heavy atom. The van der Waals surface area contributed by atoms with Crippen LogP contribution in [0.3, 0.4) is 0 Å². The van der Waals surface area contributed by atoms with E-state index in [-0.39, 0.29) is 11.1 Å².